The predicted octanol–water partition coefficient (Wildman–Crippen LogP) is 2.06. The van der Waals surface area contributed by atoms with Gasteiger partial charge in [-0.2, -0.15) is 17.0 Å². The van der Waals surface area contributed by atoms with E-state index in [0.717, 1.165) is 32.1 Å². The third-order valence-electron chi connectivity index (χ3n) is 4.16. The van der Waals surface area contributed by atoms with Gasteiger partial charge < -0.3 is 0 Å². The smallest absolute Gasteiger partial charge is 0.195 e. The van der Waals surface area contributed by atoms with Gasteiger partial charge in [0, 0.05) is 31.6 Å². The van der Waals surface area contributed by atoms with Gasteiger partial charge in [-0.05, 0) is 38.5 Å². The highest BCUT2D eigenvalue weighted by atomic mass is 35.5. The SMILES string of the molecule is CC1CCCCN1S(=O)(=O)N1CCC(CCl)CC1. The molecule has 0 aromatic carbocycles. The van der Waals surface area contributed by atoms with Gasteiger partial charge in [-0.15, -0.1) is 11.6 Å². The monoisotopic (exact) mass is 294 g/mol. The fraction of sp³-hybridized carbons (Fsp3) is 1.00. The van der Waals surface area contributed by atoms with Crippen molar-refractivity contribution in [3.8, 4) is 0 Å². The maximum Gasteiger partial charge on any atom is 0.282 e. The van der Waals surface area contributed by atoms with Crippen molar-refractivity contribution in [2.24, 2.45) is 5.92 Å². The molecule has 0 N–H and O–H groups in total. The summed E-state index contributed by atoms with van der Waals surface area (Å²) in [6.07, 6.45) is 4.90. The van der Waals surface area contributed by atoms with Gasteiger partial charge in [0.05, 0.1) is 0 Å². The topological polar surface area (TPSA) is 40.6 Å². The van der Waals surface area contributed by atoms with Crippen molar-refractivity contribution in [2.45, 2.75) is 45.1 Å². The molecule has 0 bridgehead atoms. The summed E-state index contributed by atoms with van der Waals surface area (Å²) in [7, 11) is -3.24. The lowest BCUT2D eigenvalue weighted by Gasteiger charge is -2.38. The van der Waals surface area contributed by atoms with Crippen LogP contribution in [0.5, 0.6) is 0 Å². The van der Waals surface area contributed by atoms with Gasteiger partial charge in [0.15, 0.2) is 0 Å². The Labute approximate surface area is 115 Å². The molecule has 0 aromatic rings. The van der Waals surface area contributed by atoms with E-state index in [1.807, 2.05) is 6.92 Å². The van der Waals surface area contributed by atoms with Crippen LogP contribution in [0, 0.1) is 5.92 Å². The summed E-state index contributed by atoms with van der Waals surface area (Å²) >= 11 is 5.84. The molecule has 2 aliphatic heterocycles. The molecule has 2 aliphatic rings. The van der Waals surface area contributed by atoms with Crippen molar-refractivity contribution >= 4 is 21.8 Å². The number of hydrogen-bond donors (Lipinski definition) is 0. The van der Waals surface area contributed by atoms with Crippen molar-refractivity contribution in [1.82, 2.24) is 8.61 Å². The third-order valence-corrected chi connectivity index (χ3v) is 6.75. The van der Waals surface area contributed by atoms with Gasteiger partial charge >= 0.3 is 0 Å². The maximum absolute atomic E-state index is 12.6. The summed E-state index contributed by atoms with van der Waals surface area (Å²) in [5.41, 5.74) is 0. The molecule has 4 nitrogen and oxygen atoms in total. The lowest BCUT2D eigenvalue weighted by molar-refractivity contribution is 0.223. The predicted molar refractivity (Wildman–Crippen MR) is 74.0 cm³/mol. The molecule has 2 fully saturated rings. The highest BCUT2D eigenvalue weighted by molar-refractivity contribution is 7.86. The van der Waals surface area contributed by atoms with Crippen LogP contribution in [0.1, 0.15) is 39.0 Å². The molecular weight excluding hydrogens is 272 g/mol. The zero-order valence-electron chi connectivity index (χ0n) is 11.0. The molecule has 2 saturated heterocycles. The largest absolute Gasteiger partial charge is 0.282 e. The van der Waals surface area contributed by atoms with Crippen molar-refractivity contribution < 1.29 is 8.42 Å². The maximum atomic E-state index is 12.6. The molecule has 1 unspecified atom stereocenters. The zero-order chi connectivity index (χ0) is 13.2. The molecule has 0 spiro atoms. The second-order valence-electron chi connectivity index (χ2n) is 5.46. The Bertz CT molecular complexity index is 366. The van der Waals surface area contributed by atoms with E-state index in [0.29, 0.717) is 31.4 Å². The number of alkyl halides is 1. The number of piperidine rings is 2. The number of hydrogen-bond acceptors (Lipinski definition) is 2. The quantitative estimate of drug-likeness (QED) is 0.748. The Morgan fingerprint density at radius 2 is 1.78 bits per heavy atom. The van der Waals surface area contributed by atoms with Gasteiger partial charge in [0.1, 0.15) is 0 Å². The fourth-order valence-corrected chi connectivity index (χ4v) is 5.05. The van der Waals surface area contributed by atoms with Gasteiger partial charge in [-0.1, -0.05) is 6.42 Å². The summed E-state index contributed by atoms with van der Waals surface area (Å²) in [5, 5.41) is 0. The number of rotatable bonds is 3. The molecule has 0 radical (unpaired) electrons. The lowest BCUT2D eigenvalue weighted by Crippen LogP contribution is -2.51. The van der Waals surface area contributed by atoms with Crippen LogP contribution >= 0.6 is 11.6 Å². The van der Waals surface area contributed by atoms with E-state index in [1.165, 1.54) is 0 Å². The minimum atomic E-state index is -3.24. The number of nitrogens with zero attached hydrogens (tertiary/aromatic N) is 2. The molecule has 6 heteroatoms. The average molecular weight is 295 g/mol. The van der Waals surface area contributed by atoms with E-state index < -0.39 is 10.2 Å². The first-order chi connectivity index (χ1) is 8.55. The average Bonchev–Trinajstić information content (AvgIpc) is 2.39. The molecule has 0 aromatic heterocycles. The van der Waals surface area contributed by atoms with Crippen LogP contribution in [-0.2, 0) is 10.2 Å². The Hall–Kier alpha value is 0.160. The molecule has 0 amide bonds. The molecule has 2 rings (SSSR count). The van der Waals surface area contributed by atoms with Crippen LogP contribution in [0.3, 0.4) is 0 Å². The van der Waals surface area contributed by atoms with E-state index in [-0.39, 0.29) is 6.04 Å². The molecule has 2 heterocycles. The van der Waals surface area contributed by atoms with Crippen LogP contribution in [0.2, 0.25) is 0 Å². The summed E-state index contributed by atoms with van der Waals surface area (Å²) < 4.78 is 28.5. The van der Waals surface area contributed by atoms with Crippen LogP contribution < -0.4 is 0 Å². The summed E-state index contributed by atoms with van der Waals surface area (Å²) in [5.74, 6) is 1.13. The van der Waals surface area contributed by atoms with Gasteiger partial charge in [0.2, 0.25) is 0 Å². The first kappa shape index (κ1) is 14.6. The summed E-state index contributed by atoms with van der Waals surface area (Å²) in [6.45, 7) is 3.95. The minimum Gasteiger partial charge on any atom is -0.195 e. The van der Waals surface area contributed by atoms with Gasteiger partial charge in [-0.25, -0.2) is 0 Å². The normalized spacial score (nSPS) is 29.6. The van der Waals surface area contributed by atoms with E-state index in [2.05, 4.69) is 0 Å². The zero-order valence-corrected chi connectivity index (χ0v) is 12.6. The van der Waals surface area contributed by atoms with E-state index in [1.54, 1.807) is 8.61 Å². The van der Waals surface area contributed by atoms with Crippen LogP contribution in [0.4, 0.5) is 0 Å². The van der Waals surface area contributed by atoms with Crippen molar-refractivity contribution in [3.05, 3.63) is 0 Å². The molecule has 0 aliphatic carbocycles. The molecule has 0 saturated carbocycles. The standard InChI is InChI=1S/C12H23ClN2O2S/c1-11-4-2-3-7-15(11)18(16,17)14-8-5-12(10-13)6-9-14/h11-12H,2-10H2,1H3. The van der Waals surface area contributed by atoms with E-state index >= 15 is 0 Å². The second-order valence-corrected chi connectivity index (χ2v) is 7.65. The Kier molecular flexibility index (Phi) is 4.92. The Morgan fingerprint density at radius 3 is 2.33 bits per heavy atom. The Balaban J connectivity index is 2.02. The molecule has 18 heavy (non-hydrogen) atoms. The van der Waals surface area contributed by atoms with Crippen LogP contribution in [-0.4, -0.2) is 48.6 Å². The summed E-state index contributed by atoms with van der Waals surface area (Å²) in [4.78, 5) is 0. The van der Waals surface area contributed by atoms with Crippen molar-refractivity contribution in [2.75, 3.05) is 25.5 Å². The minimum absolute atomic E-state index is 0.148. The second kappa shape index (κ2) is 6.07. The van der Waals surface area contributed by atoms with Crippen LogP contribution in [0.25, 0.3) is 0 Å². The molecule has 106 valence electrons. The highest BCUT2D eigenvalue weighted by Gasteiger charge is 2.36. The van der Waals surface area contributed by atoms with Gasteiger partial charge in [0.25, 0.3) is 10.2 Å². The van der Waals surface area contributed by atoms with Crippen LogP contribution in [0.15, 0.2) is 0 Å². The van der Waals surface area contributed by atoms with Crippen molar-refractivity contribution in [3.63, 3.8) is 0 Å². The van der Waals surface area contributed by atoms with Crippen molar-refractivity contribution in [1.29, 1.82) is 0 Å². The van der Waals surface area contributed by atoms with E-state index in [4.69, 9.17) is 11.6 Å². The number of halogens is 1. The first-order valence-corrected chi connectivity index (χ1v) is 8.81. The third kappa shape index (κ3) is 3.00. The first-order valence-electron chi connectivity index (χ1n) is 6.88. The fourth-order valence-electron chi connectivity index (χ4n) is 2.86. The van der Waals surface area contributed by atoms with E-state index in [9.17, 15) is 8.42 Å². The van der Waals surface area contributed by atoms with Gasteiger partial charge in [-0.3, -0.25) is 0 Å². The Morgan fingerprint density at radius 1 is 1.11 bits per heavy atom. The lowest BCUT2D eigenvalue weighted by atomic mass is 10.0. The molecular formula is C12H23ClN2O2S. The summed E-state index contributed by atoms with van der Waals surface area (Å²) in [6, 6.07) is 0.148. The molecule has 1 atom stereocenters. The highest BCUT2D eigenvalue weighted by Crippen LogP contribution is 2.26.